The number of aromatic nitrogens is 2. The van der Waals surface area contributed by atoms with Gasteiger partial charge in [-0.15, -0.1) is 0 Å². The summed E-state index contributed by atoms with van der Waals surface area (Å²) in [6.07, 6.45) is 2.07. The zero-order valence-electron chi connectivity index (χ0n) is 15.3. The van der Waals surface area contributed by atoms with E-state index in [1.807, 2.05) is 0 Å². The second kappa shape index (κ2) is 11.4. The quantitative estimate of drug-likeness (QED) is 0.164. The van der Waals surface area contributed by atoms with Crippen molar-refractivity contribution in [3.8, 4) is 0 Å². The Labute approximate surface area is 164 Å². The zero-order chi connectivity index (χ0) is 22.0. The number of nitrogens with two attached hydrogens (primary N) is 2. The average Bonchev–Trinajstić information content (AvgIpc) is 3.16. The molecule has 0 saturated carbocycles. The van der Waals surface area contributed by atoms with Crippen molar-refractivity contribution in [3.05, 3.63) is 18.2 Å². The summed E-state index contributed by atoms with van der Waals surface area (Å²) in [5.74, 6) is -4.86. The smallest absolute Gasteiger partial charge is 0.322 e. The number of hydrogen-bond donors (Lipinski definition) is 8. The van der Waals surface area contributed by atoms with Gasteiger partial charge in [0.15, 0.2) is 0 Å². The van der Waals surface area contributed by atoms with E-state index in [0.717, 1.165) is 0 Å². The van der Waals surface area contributed by atoms with Crippen LogP contribution in [0.2, 0.25) is 0 Å². The highest BCUT2D eigenvalue weighted by molar-refractivity contribution is 5.95. The van der Waals surface area contributed by atoms with Gasteiger partial charge in [-0.2, -0.15) is 0 Å². The standard InChI is InChI=1S/C15H23N7O7/c16-8(5-23)13(27)21-10(2-11(17)24)15(29)22-9(1-7-3-18-6-20-7)14(28)19-4-12(25)26/h3,6,8-10,23H,1-2,4-5,16H2,(H2,17,24)(H,18,20)(H,19,28)(H,21,27)(H,22,29)(H,25,26). The molecule has 0 spiro atoms. The van der Waals surface area contributed by atoms with Crippen molar-refractivity contribution in [2.24, 2.45) is 11.5 Å². The van der Waals surface area contributed by atoms with E-state index in [9.17, 15) is 24.0 Å². The molecule has 0 aliphatic rings. The number of aliphatic hydroxyl groups is 1. The van der Waals surface area contributed by atoms with Crippen molar-refractivity contribution in [1.29, 1.82) is 0 Å². The van der Waals surface area contributed by atoms with Crippen molar-refractivity contribution < 1.29 is 34.2 Å². The lowest BCUT2D eigenvalue weighted by Gasteiger charge is -2.23. The van der Waals surface area contributed by atoms with Crippen LogP contribution in [0.3, 0.4) is 0 Å². The van der Waals surface area contributed by atoms with E-state index < -0.39 is 67.3 Å². The van der Waals surface area contributed by atoms with Crippen molar-refractivity contribution in [2.75, 3.05) is 13.2 Å². The number of H-pyrrole nitrogens is 1. The molecule has 3 unspecified atom stereocenters. The molecular formula is C15H23N7O7. The fourth-order valence-electron chi connectivity index (χ4n) is 2.16. The summed E-state index contributed by atoms with van der Waals surface area (Å²) in [5, 5.41) is 24.2. The predicted molar refractivity (Wildman–Crippen MR) is 95.7 cm³/mol. The van der Waals surface area contributed by atoms with E-state index in [1.165, 1.54) is 12.5 Å². The van der Waals surface area contributed by atoms with Gasteiger partial charge in [-0.3, -0.25) is 24.0 Å². The van der Waals surface area contributed by atoms with Gasteiger partial charge in [-0.1, -0.05) is 0 Å². The van der Waals surface area contributed by atoms with E-state index >= 15 is 0 Å². The first-order valence-corrected chi connectivity index (χ1v) is 8.36. The molecule has 14 heteroatoms. The van der Waals surface area contributed by atoms with Crippen LogP contribution < -0.4 is 27.4 Å². The number of aliphatic carboxylic acids is 1. The van der Waals surface area contributed by atoms with E-state index in [0.29, 0.717) is 5.69 Å². The Hall–Kier alpha value is -3.52. The molecule has 3 atom stereocenters. The molecule has 4 amide bonds. The Balaban J connectivity index is 2.93. The van der Waals surface area contributed by atoms with Gasteiger partial charge >= 0.3 is 5.97 Å². The van der Waals surface area contributed by atoms with Crippen molar-refractivity contribution >= 4 is 29.6 Å². The molecule has 0 aromatic carbocycles. The Kier molecular flexibility index (Phi) is 9.21. The monoisotopic (exact) mass is 413 g/mol. The Morgan fingerprint density at radius 1 is 1.10 bits per heavy atom. The minimum absolute atomic E-state index is 0.0788. The maximum absolute atomic E-state index is 12.5. The minimum atomic E-state index is -1.46. The molecule has 29 heavy (non-hydrogen) atoms. The first kappa shape index (κ1) is 23.5. The Morgan fingerprint density at radius 2 is 1.76 bits per heavy atom. The van der Waals surface area contributed by atoms with Crippen LogP contribution in [0.15, 0.2) is 12.5 Å². The third-order valence-electron chi connectivity index (χ3n) is 3.60. The third kappa shape index (κ3) is 8.35. The zero-order valence-corrected chi connectivity index (χ0v) is 15.3. The number of nitrogens with one attached hydrogen (secondary N) is 4. The Bertz CT molecular complexity index is 737. The number of rotatable bonds is 12. The number of primary amides is 1. The van der Waals surface area contributed by atoms with E-state index in [2.05, 4.69) is 25.9 Å². The van der Waals surface area contributed by atoms with Crippen LogP contribution in [0.25, 0.3) is 0 Å². The van der Waals surface area contributed by atoms with Crippen LogP contribution in [-0.2, 0) is 30.4 Å². The summed E-state index contributed by atoms with van der Waals surface area (Å²) in [5.41, 5.74) is 10.9. The van der Waals surface area contributed by atoms with Gasteiger partial charge in [-0.05, 0) is 0 Å². The molecule has 0 fully saturated rings. The number of carbonyl (C=O) groups excluding carboxylic acids is 4. The molecule has 10 N–H and O–H groups in total. The molecule has 1 rings (SSSR count). The van der Waals surface area contributed by atoms with Gasteiger partial charge in [0, 0.05) is 18.3 Å². The van der Waals surface area contributed by atoms with Gasteiger partial charge < -0.3 is 42.6 Å². The summed E-state index contributed by atoms with van der Waals surface area (Å²) >= 11 is 0. The highest BCUT2D eigenvalue weighted by Gasteiger charge is 2.29. The highest BCUT2D eigenvalue weighted by Crippen LogP contribution is 2.02. The maximum atomic E-state index is 12.5. The lowest BCUT2D eigenvalue weighted by Crippen LogP contribution is -2.57. The summed E-state index contributed by atoms with van der Waals surface area (Å²) in [6, 6.07) is -4.05. The molecular weight excluding hydrogens is 390 g/mol. The summed E-state index contributed by atoms with van der Waals surface area (Å²) < 4.78 is 0. The Morgan fingerprint density at radius 3 is 2.28 bits per heavy atom. The molecule has 1 aromatic heterocycles. The van der Waals surface area contributed by atoms with Crippen LogP contribution in [0.5, 0.6) is 0 Å². The van der Waals surface area contributed by atoms with Crippen molar-refractivity contribution in [2.45, 2.75) is 31.0 Å². The predicted octanol–water partition coefficient (Wildman–Crippen LogP) is -4.68. The number of amides is 4. The lowest BCUT2D eigenvalue weighted by molar-refractivity contribution is -0.138. The first-order chi connectivity index (χ1) is 13.6. The number of carboxylic acid groups (broad SMARTS) is 1. The second-order valence-corrected chi connectivity index (χ2v) is 5.97. The lowest BCUT2D eigenvalue weighted by atomic mass is 10.1. The number of imidazole rings is 1. The SMILES string of the molecule is NC(=O)CC(NC(=O)C(N)CO)C(=O)NC(Cc1cnc[nH]1)C(=O)NCC(=O)O. The molecule has 160 valence electrons. The van der Waals surface area contributed by atoms with E-state index in [-0.39, 0.29) is 6.42 Å². The van der Waals surface area contributed by atoms with Crippen LogP contribution in [0.1, 0.15) is 12.1 Å². The molecule has 0 bridgehead atoms. The fourth-order valence-corrected chi connectivity index (χ4v) is 2.16. The van der Waals surface area contributed by atoms with Crippen LogP contribution >= 0.6 is 0 Å². The number of carboxylic acids is 1. The largest absolute Gasteiger partial charge is 0.480 e. The van der Waals surface area contributed by atoms with Crippen molar-refractivity contribution in [1.82, 2.24) is 25.9 Å². The normalized spacial score (nSPS) is 13.6. The molecule has 1 aromatic rings. The molecule has 14 nitrogen and oxygen atoms in total. The van der Waals surface area contributed by atoms with Gasteiger partial charge in [0.1, 0.15) is 24.7 Å². The topological polar surface area (TPSA) is 243 Å². The number of nitrogens with zero attached hydrogens (tertiary/aromatic N) is 1. The summed E-state index contributed by atoms with van der Waals surface area (Å²) in [7, 11) is 0. The van der Waals surface area contributed by atoms with E-state index in [1.54, 1.807) is 0 Å². The van der Waals surface area contributed by atoms with Crippen LogP contribution in [0, 0.1) is 0 Å². The van der Waals surface area contributed by atoms with E-state index in [4.69, 9.17) is 21.7 Å². The fraction of sp³-hybridized carbons (Fsp3) is 0.467. The van der Waals surface area contributed by atoms with Crippen LogP contribution in [-0.4, -0.2) is 81.1 Å². The first-order valence-electron chi connectivity index (χ1n) is 8.36. The maximum Gasteiger partial charge on any atom is 0.322 e. The van der Waals surface area contributed by atoms with Crippen molar-refractivity contribution in [3.63, 3.8) is 0 Å². The summed E-state index contributed by atoms with van der Waals surface area (Å²) in [4.78, 5) is 65.1. The van der Waals surface area contributed by atoms with Crippen LogP contribution in [0.4, 0.5) is 0 Å². The molecule has 0 saturated heterocycles. The summed E-state index contributed by atoms with van der Waals surface area (Å²) in [6.45, 7) is -1.38. The number of aromatic amines is 1. The van der Waals surface area contributed by atoms with Gasteiger partial charge in [-0.25, -0.2) is 4.98 Å². The molecule has 1 heterocycles. The third-order valence-corrected chi connectivity index (χ3v) is 3.60. The minimum Gasteiger partial charge on any atom is -0.480 e. The van der Waals surface area contributed by atoms with Gasteiger partial charge in [0.05, 0.1) is 19.4 Å². The second-order valence-electron chi connectivity index (χ2n) is 5.97. The average molecular weight is 413 g/mol. The number of aliphatic hydroxyl groups excluding tert-OH is 1. The molecule has 0 aliphatic heterocycles. The number of hydrogen-bond acceptors (Lipinski definition) is 8. The molecule has 0 aliphatic carbocycles. The highest BCUT2D eigenvalue weighted by atomic mass is 16.4. The van der Waals surface area contributed by atoms with Gasteiger partial charge in [0.25, 0.3) is 0 Å². The van der Waals surface area contributed by atoms with Gasteiger partial charge in [0.2, 0.25) is 23.6 Å². The number of carbonyl (C=O) groups is 5. The molecule has 0 radical (unpaired) electrons.